The maximum atomic E-state index is 12.3. The van der Waals surface area contributed by atoms with Crippen molar-refractivity contribution in [1.82, 2.24) is 13.9 Å². The molecule has 0 saturated carbocycles. The molecule has 2 atom stereocenters. The van der Waals surface area contributed by atoms with E-state index in [9.17, 15) is 13.2 Å². The van der Waals surface area contributed by atoms with Crippen LogP contribution in [0.25, 0.3) is 11.4 Å². The summed E-state index contributed by atoms with van der Waals surface area (Å²) in [6, 6.07) is 6.73. The fourth-order valence-corrected chi connectivity index (χ4v) is 4.22. The summed E-state index contributed by atoms with van der Waals surface area (Å²) in [5, 5.41) is 6.89. The first-order chi connectivity index (χ1) is 13.7. The van der Waals surface area contributed by atoms with E-state index in [0.29, 0.717) is 24.6 Å². The quantitative estimate of drug-likeness (QED) is 0.640. The Morgan fingerprint density at radius 1 is 1.34 bits per heavy atom. The number of nitrogens with two attached hydrogens (primary N) is 1. The van der Waals surface area contributed by atoms with Crippen LogP contribution in [0.1, 0.15) is 16.4 Å². The fraction of sp³-hybridized carbons (Fsp3) is 0.389. The number of carbonyl (C=O) groups is 2. The van der Waals surface area contributed by atoms with Crippen molar-refractivity contribution in [1.29, 1.82) is 0 Å². The maximum Gasteiger partial charge on any atom is 0.290 e. The molecule has 1 aliphatic heterocycles. The van der Waals surface area contributed by atoms with Gasteiger partial charge in [-0.2, -0.15) is 0 Å². The number of hydrogen-bond donors (Lipinski definition) is 2. The SMILES string of the molecule is CN(C)S(=O)(=O)C[C@@H]1COC[C@H]1n1ccnc1-c1ccc(C(N)=O)cc1.O=CO. The average Bonchev–Trinajstić information content (AvgIpc) is 3.30. The predicted molar refractivity (Wildman–Crippen MR) is 106 cm³/mol. The molecule has 2 aromatic rings. The highest BCUT2D eigenvalue weighted by atomic mass is 32.2. The highest BCUT2D eigenvalue weighted by Gasteiger charge is 2.35. The zero-order valence-electron chi connectivity index (χ0n) is 16.1. The first kappa shape index (κ1) is 22.5. The molecule has 1 aliphatic rings. The van der Waals surface area contributed by atoms with Crippen LogP contribution in [0.5, 0.6) is 0 Å². The summed E-state index contributed by atoms with van der Waals surface area (Å²) in [6.45, 7) is 0.562. The van der Waals surface area contributed by atoms with Gasteiger partial charge in [-0.15, -0.1) is 0 Å². The molecular weight excluding hydrogens is 400 g/mol. The first-order valence-electron chi connectivity index (χ1n) is 8.70. The second-order valence-corrected chi connectivity index (χ2v) is 8.86. The lowest BCUT2D eigenvalue weighted by Crippen LogP contribution is -2.32. The van der Waals surface area contributed by atoms with Gasteiger partial charge in [-0.25, -0.2) is 17.7 Å². The number of imidazole rings is 1. The van der Waals surface area contributed by atoms with E-state index in [1.807, 2.05) is 10.8 Å². The molecular formula is C18H24N4O6S. The smallest absolute Gasteiger partial charge is 0.290 e. The van der Waals surface area contributed by atoms with Crippen molar-refractivity contribution in [3.63, 3.8) is 0 Å². The van der Waals surface area contributed by atoms with Crippen molar-refractivity contribution in [2.45, 2.75) is 6.04 Å². The van der Waals surface area contributed by atoms with Crippen LogP contribution in [-0.2, 0) is 19.6 Å². The highest BCUT2D eigenvalue weighted by molar-refractivity contribution is 7.89. The third kappa shape index (κ3) is 5.40. The van der Waals surface area contributed by atoms with Crippen LogP contribution in [0, 0.1) is 5.92 Å². The molecule has 2 heterocycles. The number of rotatable bonds is 6. The Balaban J connectivity index is 0.000000941. The van der Waals surface area contributed by atoms with Gasteiger partial charge in [0.25, 0.3) is 6.47 Å². The predicted octanol–water partition coefficient (Wildman–Crippen LogP) is 0.429. The van der Waals surface area contributed by atoms with Crippen LogP contribution in [0.2, 0.25) is 0 Å². The Bertz CT molecular complexity index is 940. The van der Waals surface area contributed by atoms with E-state index in [0.717, 1.165) is 5.56 Å². The topological polar surface area (TPSA) is 145 Å². The molecule has 1 fully saturated rings. The van der Waals surface area contributed by atoms with Crippen molar-refractivity contribution < 1.29 is 27.9 Å². The van der Waals surface area contributed by atoms with E-state index in [1.165, 1.54) is 18.4 Å². The number of primary amides is 1. The van der Waals surface area contributed by atoms with Gasteiger partial charge in [-0.3, -0.25) is 9.59 Å². The molecule has 1 aromatic heterocycles. The second kappa shape index (κ2) is 9.63. The zero-order chi connectivity index (χ0) is 21.6. The fourth-order valence-electron chi connectivity index (χ4n) is 3.06. The standard InChI is InChI=1S/C17H22N4O4S.CH2O2/c1-20(2)26(23,24)11-14-9-25-10-15(14)21-8-7-19-17(21)13-5-3-12(4-6-13)16(18)22;2-1-3/h3-8,14-15H,9-11H2,1-2H3,(H2,18,22);1H,(H,2,3)/t14-,15+;/m0./s1. The lowest BCUT2D eigenvalue weighted by molar-refractivity contribution is -0.122. The highest BCUT2D eigenvalue weighted by Crippen LogP contribution is 2.31. The molecule has 11 heteroatoms. The monoisotopic (exact) mass is 424 g/mol. The number of ether oxygens (including phenoxy) is 1. The lowest BCUT2D eigenvalue weighted by Gasteiger charge is -2.22. The van der Waals surface area contributed by atoms with Crippen LogP contribution in [0.3, 0.4) is 0 Å². The van der Waals surface area contributed by atoms with Gasteiger partial charge in [0.15, 0.2) is 0 Å². The number of aromatic nitrogens is 2. The van der Waals surface area contributed by atoms with Crippen molar-refractivity contribution in [3.05, 3.63) is 42.2 Å². The van der Waals surface area contributed by atoms with Gasteiger partial charge in [0.2, 0.25) is 15.9 Å². The van der Waals surface area contributed by atoms with Gasteiger partial charge in [-0.05, 0) is 12.1 Å². The van der Waals surface area contributed by atoms with Crippen molar-refractivity contribution in [3.8, 4) is 11.4 Å². The number of sulfonamides is 1. The van der Waals surface area contributed by atoms with Crippen LogP contribution < -0.4 is 5.73 Å². The number of benzene rings is 1. The van der Waals surface area contributed by atoms with E-state index in [-0.39, 0.29) is 24.2 Å². The van der Waals surface area contributed by atoms with Crippen LogP contribution in [0.4, 0.5) is 0 Å². The maximum absolute atomic E-state index is 12.3. The minimum absolute atomic E-state index is 0.0168. The minimum Gasteiger partial charge on any atom is -0.483 e. The normalized spacial score (nSPS) is 18.9. The molecule has 3 N–H and O–H groups in total. The Morgan fingerprint density at radius 2 is 1.97 bits per heavy atom. The lowest BCUT2D eigenvalue weighted by atomic mass is 10.1. The zero-order valence-corrected chi connectivity index (χ0v) is 16.9. The molecule has 0 aliphatic carbocycles. The number of nitrogens with zero attached hydrogens (tertiary/aromatic N) is 3. The van der Waals surface area contributed by atoms with Gasteiger partial charge in [0.1, 0.15) is 5.82 Å². The molecule has 3 rings (SSSR count). The summed E-state index contributed by atoms with van der Waals surface area (Å²) in [4.78, 5) is 24.0. The summed E-state index contributed by atoms with van der Waals surface area (Å²) >= 11 is 0. The van der Waals surface area contributed by atoms with Crippen molar-refractivity contribution >= 4 is 22.4 Å². The molecule has 0 bridgehead atoms. The van der Waals surface area contributed by atoms with Gasteiger partial charge in [0.05, 0.1) is 25.0 Å². The molecule has 0 radical (unpaired) electrons. The molecule has 1 amide bonds. The van der Waals surface area contributed by atoms with Gasteiger partial charge in [0, 0.05) is 43.5 Å². The largest absolute Gasteiger partial charge is 0.483 e. The van der Waals surface area contributed by atoms with Crippen LogP contribution in [0.15, 0.2) is 36.7 Å². The van der Waals surface area contributed by atoms with E-state index >= 15 is 0 Å². The molecule has 1 aromatic carbocycles. The second-order valence-electron chi connectivity index (χ2n) is 6.63. The van der Waals surface area contributed by atoms with Gasteiger partial charge >= 0.3 is 0 Å². The first-order valence-corrected chi connectivity index (χ1v) is 10.3. The molecule has 0 unspecified atom stereocenters. The molecule has 10 nitrogen and oxygen atoms in total. The third-order valence-corrected chi connectivity index (χ3v) is 6.56. The van der Waals surface area contributed by atoms with Crippen LogP contribution in [-0.4, -0.2) is 72.8 Å². The Kier molecular flexibility index (Phi) is 7.48. The minimum atomic E-state index is -3.33. The Labute approximate surface area is 169 Å². The van der Waals surface area contributed by atoms with E-state index in [4.69, 9.17) is 20.4 Å². The molecule has 0 spiro atoms. The Morgan fingerprint density at radius 3 is 2.52 bits per heavy atom. The van der Waals surface area contributed by atoms with Crippen molar-refractivity contribution in [2.75, 3.05) is 33.1 Å². The number of amides is 1. The van der Waals surface area contributed by atoms with Gasteiger partial charge < -0.3 is 20.1 Å². The molecule has 29 heavy (non-hydrogen) atoms. The summed E-state index contributed by atoms with van der Waals surface area (Å²) in [5.74, 6) is 0.0603. The van der Waals surface area contributed by atoms with Crippen molar-refractivity contribution in [2.24, 2.45) is 11.7 Å². The van der Waals surface area contributed by atoms with E-state index in [2.05, 4.69) is 4.98 Å². The summed E-state index contributed by atoms with van der Waals surface area (Å²) in [7, 11) is -0.268. The molecule has 158 valence electrons. The number of carbonyl (C=O) groups excluding carboxylic acids is 1. The van der Waals surface area contributed by atoms with Gasteiger partial charge in [-0.1, -0.05) is 12.1 Å². The third-order valence-electron chi connectivity index (χ3n) is 4.60. The summed E-state index contributed by atoms with van der Waals surface area (Å²) in [6.07, 6.45) is 3.50. The van der Waals surface area contributed by atoms with E-state index in [1.54, 1.807) is 30.5 Å². The van der Waals surface area contributed by atoms with Crippen LogP contribution >= 0.6 is 0 Å². The summed E-state index contributed by atoms with van der Waals surface area (Å²) < 4.78 is 33.3. The number of hydrogen-bond acceptors (Lipinski definition) is 6. The Hall–Kier alpha value is -2.76. The summed E-state index contributed by atoms with van der Waals surface area (Å²) in [5.41, 5.74) is 6.52. The number of carboxylic acid groups (broad SMARTS) is 1. The van der Waals surface area contributed by atoms with E-state index < -0.39 is 15.9 Å². The average molecular weight is 424 g/mol. The molecule has 1 saturated heterocycles.